The van der Waals surface area contributed by atoms with Gasteiger partial charge in [0.15, 0.2) is 0 Å². The van der Waals surface area contributed by atoms with Crippen LogP contribution in [0.25, 0.3) is 0 Å². The number of hydrogen-bond acceptors (Lipinski definition) is 3. The highest BCUT2D eigenvalue weighted by Gasteiger charge is 2.54. The molecule has 4 rings (SSSR count). The molecule has 1 aromatic heterocycles. The number of carbonyl (C=O) groups is 2. The highest BCUT2D eigenvalue weighted by atomic mass is 19.1. The molecule has 1 spiro atoms. The summed E-state index contributed by atoms with van der Waals surface area (Å²) >= 11 is 0. The van der Waals surface area contributed by atoms with Crippen LogP contribution in [-0.2, 0) is 4.79 Å². The number of aromatic nitrogens is 1. The molecule has 1 saturated carbocycles. The Balaban J connectivity index is 1.55. The number of rotatable bonds is 3. The molecular formula is C24H28FN3O2. The van der Waals surface area contributed by atoms with Gasteiger partial charge in [-0.15, -0.1) is 0 Å². The number of aryl methyl sites for hydroxylation is 1. The summed E-state index contributed by atoms with van der Waals surface area (Å²) < 4.78 is 13.7. The van der Waals surface area contributed by atoms with Crippen molar-refractivity contribution in [1.29, 1.82) is 0 Å². The number of nitrogens with zero attached hydrogens (tertiary/aromatic N) is 2. The number of pyridine rings is 1. The first-order valence-corrected chi connectivity index (χ1v) is 10.5. The first-order chi connectivity index (χ1) is 14.2. The maximum atomic E-state index is 13.7. The number of benzene rings is 1. The van der Waals surface area contributed by atoms with Crippen molar-refractivity contribution in [3.05, 3.63) is 59.7 Å². The lowest BCUT2D eigenvalue weighted by atomic mass is 9.61. The number of halogens is 1. The average Bonchev–Trinajstić information content (AvgIpc) is 2.95. The predicted octanol–water partition coefficient (Wildman–Crippen LogP) is 4.26. The minimum absolute atomic E-state index is 0.0359. The first kappa shape index (κ1) is 20.5. The quantitative estimate of drug-likeness (QED) is 0.824. The van der Waals surface area contributed by atoms with Crippen LogP contribution in [0.4, 0.5) is 10.1 Å². The fraction of sp³-hybridized carbons (Fsp3) is 0.458. The van der Waals surface area contributed by atoms with Gasteiger partial charge in [0.05, 0.1) is 5.41 Å². The van der Waals surface area contributed by atoms with Gasteiger partial charge >= 0.3 is 0 Å². The van der Waals surface area contributed by atoms with Gasteiger partial charge in [-0.2, -0.15) is 0 Å². The second kappa shape index (κ2) is 7.49. The van der Waals surface area contributed by atoms with Crippen LogP contribution in [0.5, 0.6) is 0 Å². The Labute approximate surface area is 176 Å². The minimum atomic E-state index is -0.536. The van der Waals surface area contributed by atoms with E-state index in [9.17, 15) is 14.0 Å². The van der Waals surface area contributed by atoms with Crippen molar-refractivity contribution in [1.82, 2.24) is 10.3 Å². The molecule has 30 heavy (non-hydrogen) atoms. The van der Waals surface area contributed by atoms with Crippen LogP contribution in [-0.4, -0.2) is 29.4 Å². The van der Waals surface area contributed by atoms with Crippen molar-refractivity contribution >= 4 is 17.5 Å². The van der Waals surface area contributed by atoms with Gasteiger partial charge in [-0.05, 0) is 68.4 Å². The van der Waals surface area contributed by atoms with E-state index in [-0.39, 0.29) is 29.1 Å². The van der Waals surface area contributed by atoms with Crippen LogP contribution in [0.1, 0.15) is 55.7 Å². The molecule has 158 valence electrons. The van der Waals surface area contributed by atoms with E-state index in [0.29, 0.717) is 30.8 Å². The number of amides is 2. The molecule has 2 atom stereocenters. The Hall–Kier alpha value is -2.76. The number of anilines is 1. The fourth-order valence-electron chi connectivity index (χ4n) is 5.37. The van der Waals surface area contributed by atoms with Crippen molar-refractivity contribution in [2.75, 3.05) is 11.4 Å². The van der Waals surface area contributed by atoms with E-state index in [4.69, 9.17) is 0 Å². The van der Waals surface area contributed by atoms with Crippen LogP contribution < -0.4 is 10.2 Å². The highest BCUT2D eigenvalue weighted by molar-refractivity contribution is 6.00. The van der Waals surface area contributed by atoms with Crippen LogP contribution in [0.15, 0.2) is 42.5 Å². The molecule has 0 bridgehead atoms. The minimum Gasteiger partial charge on any atom is -0.348 e. The number of nitrogens with one attached hydrogen (secondary N) is 1. The van der Waals surface area contributed by atoms with Crippen molar-refractivity contribution in [3.8, 4) is 0 Å². The van der Waals surface area contributed by atoms with Gasteiger partial charge in [-0.25, -0.2) is 9.37 Å². The molecule has 2 aromatic rings. The van der Waals surface area contributed by atoms with E-state index >= 15 is 0 Å². The molecule has 6 heteroatoms. The average molecular weight is 410 g/mol. The molecule has 2 amide bonds. The second-order valence-electron chi connectivity index (χ2n) is 9.55. The number of carbonyl (C=O) groups excluding carboxylic acids is 2. The van der Waals surface area contributed by atoms with Crippen molar-refractivity contribution in [2.45, 2.75) is 52.5 Å². The molecule has 2 aliphatic rings. The van der Waals surface area contributed by atoms with Gasteiger partial charge in [0.2, 0.25) is 5.91 Å². The first-order valence-electron chi connectivity index (χ1n) is 10.5. The molecule has 1 aromatic carbocycles. The Morgan fingerprint density at radius 1 is 1.20 bits per heavy atom. The van der Waals surface area contributed by atoms with Gasteiger partial charge in [0, 0.05) is 24.0 Å². The van der Waals surface area contributed by atoms with E-state index in [1.165, 1.54) is 12.1 Å². The van der Waals surface area contributed by atoms with Gasteiger partial charge in [0.25, 0.3) is 5.91 Å². The summed E-state index contributed by atoms with van der Waals surface area (Å²) in [6.07, 6.45) is 2.87. The van der Waals surface area contributed by atoms with Gasteiger partial charge in [-0.3, -0.25) is 9.59 Å². The maximum absolute atomic E-state index is 13.7. The summed E-state index contributed by atoms with van der Waals surface area (Å²) in [6, 6.07) is 11.5. The lowest BCUT2D eigenvalue weighted by molar-refractivity contribution is -0.130. The summed E-state index contributed by atoms with van der Waals surface area (Å²) in [5, 5.41) is 3.12. The van der Waals surface area contributed by atoms with Crippen LogP contribution in [0.3, 0.4) is 0 Å². The Kier molecular flexibility index (Phi) is 5.12. The standard InChI is InChI=1S/C24H28FN3O2/c1-16-6-4-9-20(26-16)21(29)27-18-13-23(2,3)15-24(14-18)10-11-28(22(24)30)19-8-5-7-17(25)12-19/h4-9,12,18H,10-11,13-15H2,1-3H3,(H,27,29). The Morgan fingerprint density at radius 3 is 2.70 bits per heavy atom. The summed E-state index contributed by atoms with van der Waals surface area (Å²) in [5.41, 5.74) is 1.16. The molecule has 0 radical (unpaired) electrons. The van der Waals surface area contributed by atoms with Crippen LogP contribution in [0, 0.1) is 23.6 Å². The molecule has 2 heterocycles. The summed E-state index contributed by atoms with van der Waals surface area (Å²) in [5.74, 6) is -0.515. The van der Waals surface area contributed by atoms with E-state index in [1.807, 2.05) is 19.1 Å². The summed E-state index contributed by atoms with van der Waals surface area (Å²) in [6.45, 7) is 6.72. The smallest absolute Gasteiger partial charge is 0.270 e. The predicted molar refractivity (Wildman–Crippen MR) is 114 cm³/mol. The highest BCUT2D eigenvalue weighted by Crippen LogP contribution is 2.52. The van der Waals surface area contributed by atoms with Crippen molar-refractivity contribution in [2.24, 2.45) is 10.8 Å². The summed E-state index contributed by atoms with van der Waals surface area (Å²) in [7, 11) is 0. The molecule has 1 aliphatic heterocycles. The van der Waals surface area contributed by atoms with Gasteiger partial charge in [-0.1, -0.05) is 26.0 Å². The largest absolute Gasteiger partial charge is 0.348 e. The van der Waals surface area contributed by atoms with Crippen LogP contribution >= 0.6 is 0 Å². The van der Waals surface area contributed by atoms with Crippen molar-refractivity contribution in [3.63, 3.8) is 0 Å². The van der Waals surface area contributed by atoms with Gasteiger partial charge < -0.3 is 10.2 Å². The maximum Gasteiger partial charge on any atom is 0.270 e. The summed E-state index contributed by atoms with van der Waals surface area (Å²) in [4.78, 5) is 32.3. The second-order valence-corrected chi connectivity index (χ2v) is 9.55. The third-order valence-corrected chi connectivity index (χ3v) is 6.34. The monoisotopic (exact) mass is 409 g/mol. The Morgan fingerprint density at radius 2 is 1.97 bits per heavy atom. The Bertz CT molecular complexity index is 990. The zero-order valence-corrected chi connectivity index (χ0v) is 17.7. The topological polar surface area (TPSA) is 62.3 Å². The van der Waals surface area contributed by atoms with Gasteiger partial charge in [0.1, 0.15) is 11.5 Å². The zero-order valence-electron chi connectivity index (χ0n) is 17.7. The molecule has 1 saturated heterocycles. The lowest BCUT2D eigenvalue weighted by Gasteiger charge is -2.45. The fourth-order valence-corrected chi connectivity index (χ4v) is 5.37. The van der Waals surface area contributed by atoms with E-state index < -0.39 is 5.41 Å². The molecule has 2 fully saturated rings. The lowest BCUT2D eigenvalue weighted by Crippen LogP contribution is -2.50. The van der Waals surface area contributed by atoms with E-state index in [1.54, 1.807) is 23.1 Å². The normalized spacial score (nSPS) is 25.5. The zero-order chi connectivity index (χ0) is 21.5. The molecular weight excluding hydrogens is 381 g/mol. The molecule has 1 N–H and O–H groups in total. The van der Waals surface area contributed by atoms with E-state index in [0.717, 1.165) is 18.5 Å². The van der Waals surface area contributed by atoms with E-state index in [2.05, 4.69) is 24.1 Å². The molecule has 5 nitrogen and oxygen atoms in total. The third-order valence-electron chi connectivity index (χ3n) is 6.34. The third kappa shape index (κ3) is 3.95. The molecule has 1 aliphatic carbocycles. The molecule has 2 unspecified atom stereocenters. The number of hydrogen-bond donors (Lipinski definition) is 1. The SMILES string of the molecule is Cc1cccc(C(=O)NC2CC(C)(C)CC3(CCN(c4cccc(F)c4)C3=O)C2)n1. The van der Waals surface area contributed by atoms with Crippen LogP contribution in [0.2, 0.25) is 0 Å². The van der Waals surface area contributed by atoms with Crippen molar-refractivity contribution < 1.29 is 14.0 Å².